The number of amides is 2. The van der Waals surface area contributed by atoms with Crippen molar-refractivity contribution < 1.29 is 27.5 Å². The van der Waals surface area contributed by atoms with Crippen LogP contribution in [0.1, 0.15) is 46.8 Å². The van der Waals surface area contributed by atoms with Gasteiger partial charge in [0.25, 0.3) is 5.24 Å². The summed E-state index contributed by atoms with van der Waals surface area (Å²) < 4.78 is 45.1. The van der Waals surface area contributed by atoms with E-state index in [4.69, 9.17) is 4.74 Å². The van der Waals surface area contributed by atoms with Crippen molar-refractivity contribution >= 4 is 35.3 Å². The molecule has 1 aliphatic rings. The maximum Gasteiger partial charge on any atom is 0.416 e. The number of imide groups is 1. The number of methoxy groups -OCH3 is 1. The third-order valence-electron chi connectivity index (χ3n) is 6.05. The Morgan fingerprint density at radius 2 is 1.65 bits per heavy atom. The fourth-order valence-electron chi connectivity index (χ4n) is 4.15. The molecule has 3 aromatic rings. The monoisotopic (exact) mass is 550 g/mol. The first-order valence-corrected chi connectivity index (χ1v) is 12.2. The number of hydrogen-bond donors (Lipinski definition) is 2. The molecule has 1 saturated heterocycles. The third-order valence-corrected chi connectivity index (χ3v) is 7.03. The summed E-state index contributed by atoms with van der Waals surface area (Å²) in [6.45, 7) is 1.82. The van der Waals surface area contributed by atoms with E-state index < -0.39 is 23.0 Å². The predicted octanol–water partition coefficient (Wildman–Crippen LogP) is 6.47. The van der Waals surface area contributed by atoms with Crippen LogP contribution < -0.4 is 15.4 Å². The molecule has 10 heteroatoms. The zero-order chi connectivity index (χ0) is 25.9. The lowest BCUT2D eigenvalue weighted by molar-refractivity contribution is -0.137. The normalized spacial score (nSPS) is 17.1. The number of carbonyl (C=O) groups excluding carboxylic acids is 2. The molecule has 3 unspecified atom stereocenters. The average Bonchev–Trinajstić information content (AvgIpc) is 3.18. The Hall–Kier alpha value is -3.01. The number of rotatable bonds is 8. The molecule has 3 aromatic carbocycles. The summed E-state index contributed by atoms with van der Waals surface area (Å²) in [4.78, 5) is 23.6. The van der Waals surface area contributed by atoms with Gasteiger partial charge in [-0.3, -0.25) is 20.2 Å². The van der Waals surface area contributed by atoms with Crippen molar-refractivity contribution in [3.05, 3.63) is 101 Å². The minimum absolute atomic E-state index is 0. The zero-order valence-electron chi connectivity index (χ0n) is 20.0. The Morgan fingerprint density at radius 3 is 2.27 bits per heavy atom. The first-order chi connectivity index (χ1) is 17.1. The van der Waals surface area contributed by atoms with E-state index in [-0.39, 0.29) is 29.6 Å². The van der Waals surface area contributed by atoms with Gasteiger partial charge in [-0.25, -0.2) is 0 Å². The highest BCUT2D eigenvalue weighted by atomic mass is 35.5. The molecule has 2 amide bonds. The van der Waals surface area contributed by atoms with Crippen molar-refractivity contribution in [2.75, 3.05) is 7.11 Å². The van der Waals surface area contributed by atoms with E-state index in [1.54, 1.807) is 13.2 Å². The number of alkyl halides is 3. The first kappa shape index (κ1) is 28.6. The van der Waals surface area contributed by atoms with Crippen LogP contribution in [0.25, 0.3) is 0 Å². The number of halogens is 4. The molecule has 1 heterocycles. The summed E-state index contributed by atoms with van der Waals surface area (Å²) in [5.41, 5.74) is 2.47. The Kier molecular flexibility index (Phi) is 9.28. The minimum atomic E-state index is -4.43. The summed E-state index contributed by atoms with van der Waals surface area (Å²) in [6.07, 6.45) is -4.04. The van der Waals surface area contributed by atoms with Crippen molar-refractivity contribution in [2.45, 2.75) is 36.9 Å². The van der Waals surface area contributed by atoms with Crippen LogP contribution in [0.5, 0.6) is 5.75 Å². The Morgan fingerprint density at radius 1 is 0.973 bits per heavy atom. The number of nitrogens with one attached hydrogen (secondary N) is 2. The summed E-state index contributed by atoms with van der Waals surface area (Å²) in [5.74, 6) is 0.379. The number of benzene rings is 3. The molecule has 0 bridgehead atoms. The Balaban J connectivity index is 0.00000380. The van der Waals surface area contributed by atoms with E-state index in [9.17, 15) is 22.8 Å². The van der Waals surface area contributed by atoms with Crippen LogP contribution in [0.2, 0.25) is 0 Å². The third kappa shape index (κ3) is 7.06. The zero-order valence-corrected chi connectivity index (χ0v) is 21.7. The van der Waals surface area contributed by atoms with Crippen molar-refractivity contribution in [1.29, 1.82) is 0 Å². The van der Waals surface area contributed by atoms with Crippen LogP contribution >= 0.6 is 24.2 Å². The molecule has 1 aliphatic heterocycles. The summed E-state index contributed by atoms with van der Waals surface area (Å²) in [7, 11) is 1.58. The molecule has 0 spiro atoms. The first-order valence-electron chi connectivity index (χ1n) is 11.3. The molecule has 196 valence electrons. The van der Waals surface area contributed by atoms with Gasteiger partial charge in [0.2, 0.25) is 5.91 Å². The molecule has 5 nitrogen and oxygen atoms in total. The lowest BCUT2D eigenvalue weighted by Crippen LogP contribution is -2.27. The van der Waals surface area contributed by atoms with Gasteiger partial charge in [-0.2, -0.15) is 13.2 Å². The molecule has 37 heavy (non-hydrogen) atoms. The molecule has 2 N–H and O–H groups in total. The summed E-state index contributed by atoms with van der Waals surface area (Å²) in [5, 5.41) is 4.92. The fraction of sp³-hybridized carbons (Fsp3) is 0.259. The molecule has 0 radical (unpaired) electrons. The van der Waals surface area contributed by atoms with Crippen molar-refractivity contribution in [3.8, 4) is 5.75 Å². The molecular weight excluding hydrogens is 525 g/mol. The highest BCUT2D eigenvalue weighted by molar-refractivity contribution is 8.15. The topological polar surface area (TPSA) is 67.4 Å². The second-order valence-corrected chi connectivity index (χ2v) is 9.73. The van der Waals surface area contributed by atoms with Crippen LogP contribution in [0, 0.1) is 0 Å². The number of ether oxygens (including phenoxy) is 1. The van der Waals surface area contributed by atoms with Gasteiger partial charge in [-0.05, 0) is 59.9 Å². The van der Waals surface area contributed by atoms with Gasteiger partial charge in [-0.15, -0.1) is 12.4 Å². The average molecular weight is 551 g/mol. The fourth-order valence-corrected chi connectivity index (χ4v) is 5.01. The van der Waals surface area contributed by atoms with Crippen LogP contribution in [0.3, 0.4) is 0 Å². The quantitative estimate of drug-likeness (QED) is 0.336. The number of carbonyl (C=O) groups is 2. The van der Waals surface area contributed by atoms with E-state index in [1.807, 2.05) is 55.5 Å². The Labute approximate surface area is 223 Å². The minimum Gasteiger partial charge on any atom is -0.497 e. The van der Waals surface area contributed by atoms with Crippen molar-refractivity contribution in [2.24, 2.45) is 0 Å². The van der Waals surface area contributed by atoms with Gasteiger partial charge >= 0.3 is 6.18 Å². The van der Waals surface area contributed by atoms with Crippen LogP contribution in [-0.4, -0.2) is 23.5 Å². The van der Waals surface area contributed by atoms with Gasteiger partial charge in [0.1, 0.15) is 5.75 Å². The van der Waals surface area contributed by atoms with E-state index >= 15 is 0 Å². The van der Waals surface area contributed by atoms with Gasteiger partial charge in [0.15, 0.2) is 0 Å². The highest BCUT2D eigenvalue weighted by Gasteiger charge is 2.32. The van der Waals surface area contributed by atoms with E-state index in [2.05, 4.69) is 10.6 Å². The standard InChI is InChI=1S/C27H25F3N2O3S.ClH/c1-16(19-6-4-8-21(15-19)27(28,29)30)31-24(18-9-11-22(35-2)12-10-18)20-7-3-5-17(13-20)14-23-25(33)32-26(34)36-23;/h3-13,15-16,23-24,31H,14H2,1-2H3,(H,32,33,34);1H. The van der Waals surface area contributed by atoms with E-state index in [0.717, 1.165) is 40.6 Å². The molecule has 1 fully saturated rings. The SMILES string of the molecule is COc1ccc(C(NC(C)c2cccc(C(F)(F)F)c2)c2cccc(CC3SC(=O)NC3=O)c2)cc1.Cl. The Bertz CT molecular complexity index is 1250. The van der Waals surface area contributed by atoms with Gasteiger partial charge in [0.05, 0.1) is 24.0 Å². The number of hydrogen-bond acceptors (Lipinski definition) is 5. The maximum absolute atomic E-state index is 13.3. The van der Waals surface area contributed by atoms with Gasteiger partial charge < -0.3 is 4.74 Å². The largest absolute Gasteiger partial charge is 0.497 e. The van der Waals surface area contributed by atoms with Crippen LogP contribution in [-0.2, 0) is 17.4 Å². The van der Waals surface area contributed by atoms with Gasteiger partial charge in [0, 0.05) is 6.04 Å². The van der Waals surface area contributed by atoms with Crippen molar-refractivity contribution in [3.63, 3.8) is 0 Å². The van der Waals surface area contributed by atoms with E-state index in [1.165, 1.54) is 6.07 Å². The van der Waals surface area contributed by atoms with Crippen LogP contribution in [0.4, 0.5) is 18.0 Å². The molecule has 0 aromatic heterocycles. The molecule has 4 rings (SSSR count). The second kappa shape index (κ2) is 12.0. The molecule has 0 aliphatic carbocycles. The van der Waals surface area contributed by atoms with Gasteiger partial charge in [-0.1, -0.05) is 60.3 Å². The van der Waals surface area contributed by atoms with Crippen molar-refractivity contribution in [1.82, 2.24) is 10.6 Å². The molecular formula is C27H26ClF3N2O3S. The second-order valence-electron chi connectivity index (χ2n) is 8.55. The molecule has 0 saturated carbocycles. The maximum atomic E-state index is 13.3. The summed E-state index contributed by atoms with van der Waals surface area (Å²) >= 11 is 0.973. The number of thioether (sulfide) groups is 1. The molecule has 3 atom stereocenters. The lowest BCUT2D eigenvalue weighted by atomic mass is 9.94. The van der Waals surface area contributed by atoms with Crippen LogP contribution in [0.15, 0.2) is 72.8 Å². The lowest BCUT2D eigenvalue weighted by Gasteiger charge is -2.26. The predicted molar refractivity (Wildman–Crippen MR) is 140 cm³/mol. The summed E-state index contributed by atoms with van der Waals surface area (Å²) in [6, 6.07) is 19.6. The van der Waals surface area contributed by atoms with E-state index in [0.29, 0.717) is 17.7 Å². The smallest absolute Gasteiger partial charge is 0.416 e. The highest BCUT2D eigenvalue weighted by Crippen LogP contribution is 2.33.